The SMILES string of the molecule is C[C@@H](NC(=O)C(C)(C)C)C(=O)N[C@@H]1C[C@H]1C1CCCCC1. The van der Waals surface area contributed by atoms with E-state index in [1.807, 2.05) is 20.8 Å². The molecular weight excluding hydrogens is 264 g/mol. The Morgan fingerprint density at radius 3 is 2.29 bits per heavy atom. The van der Waals surface area contributed by atoms with Crippen LogP contribution in [0.15, 0.2) is 0 Å². The van der Waals surface area contributed by atoms with E-state index in [1.54, 1.807) is 6.92 Å². The van der Waals surface area contributed by atoms with Crippen LogP contribution in [0.4, 0.5) is 0 Å². The molecule has 4 heteroatoms. The molecule has 2 amide bonds. The molecule has 0 unspecified atom stereocenters. The highest BCUT2D eigenvalue weighted by atomic mass is 16.2. The molecule has 2 aliphatic carbocycles. The summed E-state index contributed by atoms with van der Waals surface area (Å²) in [5.74, 6) is 1.36. The lowest BCUT2D eigenvalue weighted by Crippen LogP contribution is -2.49. The normalized spacial score (nSPS) is 27.8. The third-order valence-corrected chi connectivity index (χ3v) is 4.84. The summed E-state index contributed by atoms with van der Waals surface area (Å²) in [7, 11) is 0. The van der Waals surface area contributed by atoms with Crippen molar-refractivity contribution in [2.24, 2.45) is 17.3 Å². The number of hydrogen-bond donors (Lipinski definition) is 2. The number of rotatable bonds is 4. The van der Waals surface area contributed by atoms with Gasteiger partial charge in [-0.15, -0.1) is 0 Å². The average Bonchev–Trinajstić information content (AvgIpc) is 3.17. The van der Waals surface area contributed by atoms with Crippen LogP contribution in [0, 0.1) is 17.3 Å². The molecule has 2 rings (SSSR count). The van der Waals surface area contributed by atoms with Crippen molar-refractivity contribution in [3.63, 3.8) is 0 Å². The Labute approximate surface area is 128 Å². The minimum absolute atomic E-state index is 0.0455. The summed E-state index contributed by atoms with van der Waals surface area (Å²) in [6.45, 7) is 7.32. The maximum absolute atomic E-state index is 12.2. The van der Waals surface area contributed by atoms with Gasteiger partial charge in [0.25, 0.3) is 0 Å². The van der Waals surface area contributed by atoms with Gasteiger partial charge < -0.3 is 10.6 Å². The first-order valence-corrected chi connectivity index (χ1v) is 8.40. The van der Waals surface area contributed by atoms with Gasteiger partial charge in [0.1, 0.15) is 6.04 Å². The summed E-state index contributed by atoms with van der Waals surface area (Å²) in [5, 5.41) is 5.90. The zero-order valence-corrected chi connectivity index (χ0v) is 13.9. The van der Waals surface area contributed by atoms with E-state index in [0.717, 1.165) is 12.3 Å². The van der Waals surface area contributed by atoms with Crippen molar-refractivity contribution >= 4 is 11.8 Å². The van der Waals surface area contributed by atoms with Crippen molar-refractivity contribution in [3.05, 3.63) is 0 Å². The molecule has 0 aliphatic heterocycles. The van der Waals surface area contributed by atoms with E-state index in [9.17, 15) is 9.59 Å². The summed E-state index contributed by atoms with van der Waals surface area (Å²) in [6, 6.07) is -0.112. The second kappa shape index (κ2) is 6.37. The largest absolute Gasteiger partial charge is 0.351 e. The van der Waals surface area contributed by atoms with Gasteiger partial charge in [0.2, 0.25) is 11.8 Å². The molecular formula is C17H30N2O2. The molecule has 0 spiro atoms. The van der Waals surface area contributed by atoms with Crippen molar-refractivity contribution in [2.45, 2.75) is 78.3 Å². The number of nitrogens with one attached hydrogen (secondary N) is 2. The van der Waals surface area contributed by atoms with Crippen LogP contribution in [-0.2, 0) is 9.59 Å². The molecule has 21 heavy (non-hydrogen) atoms. The van der Waals surface area contributed by atoms with Crippen LogP contribution in [0.25, 0.3) is 0 Å². The minimum atomic E-state index is -0.460. The van der Waals surface area contributed by atoms with Crippen molar-refractivity contribution in [1.29, 1.82) is 0 Å². The van der Waals surface area contributed by atoms with Crippen LogP contribution in [0.5, 0.6) is 0 Å². The molecule has 120 valence electrons. The topological polar surface area (TPSA) is 58.2 Å². The number of amides is 2. The molecule has 3 atom stereocenters. The fourth-order valence-corrected chi connectivity index (χ4v) is 3.25. The monoisotopic (exact) mass is 294 g/mol. The van der Waals surface area contributed by atoms with Crippen LogP contribution in [0.2, 0.25) is 0 Å². The highest BCUT2D eigenvalue weighted by Crippen LogP contribution is 2.44. The van der Waals surface area contributed by atoms with E-state index in [-0.39, 0.29) is 11.8 Å². The Bertz CT molecular complexity index is 394. The highest BCUT2D eigenvalue weighted by Gasteiger charge is 2.44. The summed E-state index contributed by atoms with van der Waals surface area (Å²) in [6.07, 6.45) is 7.84. The lowest BCUT2D eigenvalue weighted by Gasteiger charge is -2.23. The fourth-order valence-electron chi connectivity index (χ4n) is 3.25. The van der Waals surface area contributed by atoms with Crippen LogP contribution in [0.1, 0.15) is 66.2 Å². The Morgan fingerprint density at radius 2 is 1.71 bits per heavy atom. The Balaban J connectivity index is 1.73. The van der Waals surface area contributed by atoms with Gasteiger partial charge in [-0.25, -0.2) is 0 Å². The zero-order chi connectivity index (χ0) is 15.6. The Hall–Kier alpha value is -1.06. The summed E-state index contributed by atoms with van der Waals surface area (Å²) < 4.78 is 0. The summed E-state index contributed by atoms with van der Waals surface area (Å²) >= 11 is 0. The van der Waals surface area contributed by atoms with E-state index in [4.69, 9.17) is 0 Å². The first-order valence-electron chi connectivity index (χ1n) is 8.40. The lowest BCUT2D eigenvalue weighted by molar-refractivity contribution is -0.133. The molecule has 2 N–H and O–H groups in total. The molecule has 0 heterocycles. The van der Waals surface area contributed by atoms with Crippen LogP contribution in [-0.4, -0.2) is 23.9 Å². The van der Waals surface area contributed by atoms with E-state index in [0.29, 0.717) is 12.0 Å². The zero-order valence-electron chi connectivity index (χ0n) is 13.9. The van der Waals surface area contributed by atoms with Crippen molar-refractivity contribution < 1.29 is 9.59 Å². The second-order valence-electron chi connectivity index (χ2n) is 7.86. The molecule has 0 aromatic carbocycles. The van der Waals surface area contributed by atoms with E-state index < -0.39 is 11.5 Å². The van der Waals surface area contributed by atoms with Crippen LogP contribution in [0.3, 0.4) is 0 Å². The quantitative estimate of drug-likeness (QED) is 0.837. The van der Waals surface area contributed by atoms with Crippen LogP contribution < -0.4 is 10.6 Å². The molecule has 2 saturated carbocycles. The van der Waals surface area contributed by atoms with Gasteiger partial charge >= 0.3 is 0 Å². The van der Waals surface area contributed by atoms with Crippen molar-refractivity contribution in [3.8, 4) is 0 Å². The third-order valence-electron chi connectivity index (χ3n) is 4.84. The van der Waals surface area contributed by atoms with E-state index in [2.05, 4.69) is 10.6 Å². The van der Waals surface area contributed by atoms with Gasteiger partial charge in [-0.05, 0) is 25.2 Å². The molecule has 0 saturated heterocycles. The molecule has 2 aliphatic rings. The predicted octanol–water partition coefficient (Wildman–Crippen LogP) is 2.62. The van der Waals surface area contributed by atoms with Gasteiger partial charge in [-0.1, -0.05) is 52.9 Å². The molecule has 2 fully saturated rings. The predicted molar refractivity (Wildman–Crippen MR) is 83.7 cm³/mol. The smallest absolute Gasteiger partial charge is 0.242 e. The Kier molecular flexibility index (Phi) is 4.95. The molecule has 0 aromatic heterocycles. The van der Waals surface area contributed by atoms with Gasteiger partial charge in [0.15, 0.2) is 0 Å². The summed E-state index contributed by atoms with van der Waals surface area (Å²) in [4.78, 5) is 24.1. The average molecular weight is 294 g/mol. The minimum Gasteiger partial charge on any atom is -0.351 e. The van der Waals surface area contributed by atoms with Gasteiger partial charge in [-0.2, -0.15) is 0 Å². The van der Waals surface area contributed by atoms with Gasteiger partial charge in [0.05, 0.1) is 0 Å². The summed E-state index contributed by atoms with van der Waals surface area (Å²) in [5.41, 5.74) is -0.460. The molecule has 0 radical (unpaired) electrons. The second-order valence-corrected chi connectivity index (χ2v) is 7.86. The molecule has 0 aromatic rings. The van der Waals surface area contributed by atoms with Gasteiger partial charge in [-0.3, -0.25) is 9.59 Å². The number of carbonyl (C=O) groups excluding carboxylic acids is 2. The van der Waals surface area contributed by atoms with Gasteiger partial charge in [0, 0.05) is 11.5 Å². The standard InChI is InChI=1S/C17H30N2O2/c1-11(18-16(21)17(2,3)4)15(20)19-14-10-13(14)12-8-6-5-7-9-12/h11-14H,5-10H2,1-4H3,(H,18,21)(H,19,20)/t11-,13+,14-/m1/s1. The first-order chi connectivity index (χ1) is 9.79. The lowest BCUT2D eigenvalue weighted by atomic mass is 9.85. The van der Waals surface area contributed by atoms with E-state index in [1.165, 1.54) is 32.1 Å². The maximum Gasteiger partial charge on any atom is 0.242 e. The van der Waals surface area contributed by atoms with Crippen molar-refractivity contribution in [2.75, 3.05) is 0 Å². The number of carbonyl (C=O) groups is 2. The molecule has 4 nitrogen and oxygen atoms in total. The fraction of sp³-hybridized carbons (Fsp3) is 0.882. The first kappa shape index (κ1) is 16.3. The maximum atomic E-state index is 12.2. The third kappa shape index (κ3) is 4.45. The van der Waals surface area contributed by atoms with E-state index >= 15 is 0 Å². The van der Waals surface area contributed by atoms with Crippen molar-refractivity contribution in [1.82, 2.24) is 10.6 Å². The molecule has 0 bridgehead atoms. The number of hydrogen-bond acceptors (Lipinski definition) is 2. The van der Waals surface area contributed by atoms with Crippen LogP contribution >= 0.6 is 0 Å². The Morgan fingerprint density at radius 1 is 1.10 bits per heavy atom. The highest BCUT2D eigenvalue weighted by molar-refractivity contribution is 5.89.